The molecule has 21 heavy (non-hydrogen) atoms. The Morgan fingerprint density at radius 3 is 2.67 bits per heavy atom. The number of aromatic nitrogens is 3. The summed E-state index contributed by atoms with van der Waals surface area (Å²) in [5, 5.41) is 11.7. The van der Waals surface area contributed by atoms with Gasteiger partial charge in [0.2, 0.25) is 5.82 Å². The number of anilines is 1. The van der Waals surface area contributed by atoms with E-state index < -0.39 is 0 Å². The highest BCUT2D eigenvalue weighted by molar-refractivity contribution is 6.07. The van der Waals surface area contributed by atoms with E-state index >= 15 is 0 Å². The van der Waals surface area contributed by atoms with Gasteiger partial charge in [-0.25, -0.2) is 4.98 Å². The average molecular weight is 280 g/mol. The number of carbonyl (C=O) groups is 1. The number of hydrogen-bond donors (Lipinski definition) is 2. The molecule has 0 aliphatic heterocycles. The van der Waals surface area contributed by atoms with Gasteiger partial charge >= 0.3 is 0 Å². The second-order valence-corrected chi connectivity index (χ2v) is 5.18. The number of carbonyl (C=O) groups excluding carboxylic acids is 1. The third kappa shape index (κ3) is 2.63. The van der Waals surface area contributed by atoms with Gasteiger partial charge in [-0.15, -0.1) is 5.10 Å². The first-order valence-electron chi connectivity index (χ1n) is 6.86. The van der Waals surface area contributed by atoms with E-state index in [1.165, 1.54) is 0 Å². The van der Waals surface area contributed by atoms with Gasteiger partial charge in [-0.1, -0.05) is 50.2 Å². The molecule has 0 spiro atoms. The van der Waals surface area contributed by atoms with Crippen molar-refractivity contribution in [2.45, 2.75) is 19.8 Å². The Bertz CT molecular complexity index is 786. The molecule has 5 heteroatoms. The van der Waals surface area contributed by atoms with Crippen molar-refractivity contribution in [3.05, 3.63) is 54.1 Å². The molecular formula is C16H16N4O. The summed E-state index contributed by atoms with van der Waals surface area (Å²) in [5.74, 6) is 0.760. The van der Waals surface area contributed by atoms with E-state index in [0.717, 1.165) is 16.5 Å². The van der Waals surface area contributed by atoms with Gasteiger partial charge in [-0.05, 0) is 11.5 Å². The molecule has 2 aromatic carbocycles. The lowest BCUT2D eigenvalue weighted by Gasteiger charge is -2.06. The fourth-order valence-electron chi connectivity index (χ4n) is 2.15. The van der Waals surface area contributed by atoms with Gasteiger partial charge in [0.05, 0.1) is 0 Å². The molecule has 0 bridgehead atoms. The predicted octanol–water partition coefficient (Wildman–Crippen LogP) is 3.33. The van der Waals surface area contributed by atoms with Gasteiger partial charge in [0.25, 0.3) is 5.91 Å². The van der Waals surface area contributed by atoms with E-state index in [1.807, 2.05) is 56.3 Å². The number of fused-ring (bicyclic) bond motifs is 1. The summed E-state index contributed by atoms with van der Waals surface area (Å²) in [6, 6.07) is 13.7. The molecule has 5 nitrogen and oxygen atoms in total. The maximum atomic E-state index is 12.2. The maximum absolute atomic E-state index is 12.2. The second kappa shape index (κ2) is 5.36. The molecular weight excluding hydrogens is 264 g/mol. The highest BCUT2D eigenvalue weighted by Gasteiger charge is 2.15. The molecule has 106 valence electrons. The molecule has 0 atom stereocenters. The first-order valence-corrected chi connectivity index (χ1v) is 6.86. The summed E-state index contributed by atoms with van der Waals surface area (Å²) in [7, 11) is 0. The number of benzene rings is 2. The number of nitrogens with one attached hydrogen (secondary N) is 2. The van der Waals surface area contributed by atoms with Gasteiger partial charge in [-0.2, -0.15) is 0 Å². The molecule has 1 amide bonds. The van der Waals surface area contributed by atoms with Crippen LogP contribution < -0.4 is 5.32 Å². The van der Waals surface area contributed by atoms with Gasteiger partial charge in [0.15, 0.2) is 0 Å². The van der Waals surface area contributed by atoms with Crippen LogP contribution in [-0.2, 0) is 0 Å². The van der Waals surface area contributed by atoms with Crippen molar-refractivity contribution in [1.82, 2.24) is 15.2 Å². The van der Waals surface area contributed by atoms with Crippen LogP contribution in [0.15, 0.2) is 42.5 Å². The minimum atomic E-state index is -0.311. The summed E-state index contributed by atoms with van der Waals surface area (Å²) in [4.78, 5) is 16.4. The van der Waals surface area contributed by atoms with Crippen LogP contribution in [0.2, 0.25) is 0 Å². The zero-order chi connectivity index (χ0) is 14.8. The van der Waals surface area contributed by atoms with Crippen molar-refractivity contribution in [2.24, 2.45) is 0 Å². The molecule has 0 radical (unpaired) electrons. The van der Waals surface area contributed by atoms with Crippen LogP contribution in [-0.4, -0.2) is 21.1 Å². The number of rotatable bonds is 3. The third-order valence-electron chi connectivity index (χ3n) is 3.29. The van der Waals surface area contributed by atoms with E-state index in [9.17, 15) is 4.79 Å². The minimum Gasteiger partial charge on any atom is -0.319 e. The first-order chi connectivity index (χ1) is 10.1. The van der Waals surface area contributed by atoms with Gasteiger partial charge in [-0.3, -0.25) is 9.89 Å². The monoisotopic (exact) mass is 280 g/mol. The van der Waals surface area contributed by atoms with Crippen molar-refractivity contribution in [2.75, 3.05) is 5.32 Å². The molecule has 0 aliphatic rings. The first kappa shape index (κ1) is 13.3. The molecule has 0 unspecified atom stereocenters. The quantitative estimate of drug-likeness (QED) is 0.773. The molecule has 0 aliphatic carbocycles. The Morgan fingerprint density at radius 1 is 1.14 bits per heavy atom. The van der Waals surface area contributed by atoms with Crippen LogP contribution in [0.4, 0.5) is 5.69 Å². The predicted molar refractivity (Wildman–Crippen MR) is 82.4 cm³/mol. The van der Waals surface area contributed by atoms with Crippen LogP contribution in [0, 0.1) is 0 Å². The second-order valence-electron chi connectivity index (χ2n) is 5.18. The van der Waals surface area contributed by atoms with E-state index in [0.29, 0.717) is 5.82 Å². The molecule has 1 aromatic heterocycles. The van der Waals surface area contributed by atoms with Crippen LogP contribution in [0.5, 0.6) is 0 Å². The number of hydrogen-bond acceptors (Lipinski definition) is 3. The van der Waals surface area contributed by atoms with E-state index in [-0.39, 0.29) is 17.6 Å². The molecule has 3 rings (SSSR count). The van der Waals surface area contributed by atoms with Gasteiger partial charge in [0.1, 0.15) is 5.82 Å². The zero-order valence-electron chi connectivity index (χ0n) is 11.9. The number of nitrogens with zero attached hydrogens (tertiary/aromatic N) is 2. The Labute approximate surface area is 122 Å². The number of H-pyrrole nitrogens is 1. The lowest BCUT2D eigenvalue weighted by molar-refractivity contribution is 0.101. The summed E-state index contributed by atoms with van der Waals surface area (Å²) >= 11 is 0. The van der Waals surface area contributed by atoms with Crippen LogP contribution in [0.25, 0.3) is 10.8 Å². The highest BCUT2D eigenvalue weighted by Crippen LogP contribution is 2.23. The number of aromatic amines is 1. The van der Waals surface area contributed by atoms with E-state index in [1.54, 1.807) is 0 Å². The topological polar surface area (TPSA) is 70.7 Å². The molecule has 1 heterocycles. The summed E-state index contributed by atoms with van der Waals surface area (Å²) in [5.41, 5.74) is 0.758. The van der Waals surface area contributed by atoms with Crippen molar-refractivity contribution >= 4 is 22.4 Å². The molecule has 0 fully saturated rings. The third-order valence-corrected chi connectivity index (χ3v) is 3.29. The number of amides is 1. The fourth-order valence-corrected chi connectivity index (χ4v) is 2.15. The zero-order valence-corrected chi connectivity index (χ0v) is 11.9. The van der Waals surface area contributed by atoms with Crippen LogP contribution in [0.3, 0.4) is 0 Å². The minimum absolute atomic E-state index is 0.159. The molecule has 0 saturated heterocycles. The summed E-state index contributed by atoms with van der Waals surface area (Å²) < 4.78 is 0. The Hall–Kier alpha value is -2.69. The van der Waals surface area contributed by atoms with Crippen LogP contribution in [0.1, 0.15) is 36.2 Å². The van der Waals surface area contributed by atoms with E-state index in [2.05, 4.69) is 20.5 Å². The Balaban J connectivity index is 1.89. The lowest BCUT2D eigenvalue weighted by Crippen LogP contribution is -2.14. The average Bonchev–Trinajstić information content (AvgIpc) is 2.98. The summed E-state index contributed by atoms with van der Waals surface area (Å²) in [6.07, 6.45) is 0. The normalized spacial score (nSPS) is 11.0. The fraction of sp³-hybridized carbons (Fsp3) is 0.188. The smallest absolute Gasteiger partial charge is 0.295 e. The van der Waals surface area contributed by atoms with Gasteiger partial charge in [0, 0.05) is 17.0 Å². The standard InChI is InChI=1S/C16H16N4O/c1-10(2)14-18-15(20-19-14)16(21)17-13-9-5-7-11-6-3-4-8-12(11)13/h3-10H,1-2H3,(H,17,21)(H,18,19,20). The molecule has 0 saturated carbocycles. The van der Waals surface area contributed by atoms with E-state index in [4.69, 9.17) is 0 Å². The Morgan fingerprint density at radius 2 is 1.90 bits per heavy atom. The summed E-state index contributed by atoms with van der Waals surface area (Å²) in [6.45, 7) is 3.99. The molecule has 3 aromatic rings. The van der Waals surface area contributed by atoms with Crippen molar-refractivity contribution < 1.29 is 4.79 Å². The molecule has 2 N–H and O–H groups in total. The SMILES string of the molecule is CC(C)c1nc(C(=O)Nc2cccc3ccccc23)n[nH]1. The van der Waals surface area contributed by atoms with Crippen LogP contribution >= 0.6 is 0 Å². The lowest BCUT2D eigenvalue weighted by atomic mass is 10.1. The van der Waals surface area contributed by atoms with Gasteiger partial charge < -0.3 is 5.32 Å². The van der Waals surface area contributed by atoms with Crippen molar-refractivity contribution in [3.63, 3.8) is 0 Å². The Kier molecular flexibility index (Phi) is 3.39. The largest absolute Gasteiger partial charge is 0.319 e. The van der Waals surface area contributed by atoms with Crippen molar-refractivity contribution in [1.29, 1.82) is 0 Å². The highest BCUT2D eigenvalue weighted by atomic mass is 16.2. The van der Waals surface area contributed by atoms with Crippen molar-refractivity contribution in [3.8, 4) is 0 Å². The maximum Gasteiger partial charge on any atom is 0.295 e.